The van der Waals surface area contributed by atoms with Gasteiger partial charge in [-0.1, -0.05) is 37.4 Å². The van der Waals surface area contributed by atoms with Gasteiger partial charge in [-0.05, 0) is 28.8 Å². The van der Waals surface area contributed by atoms with E-state index in [9.17, 15) is 97.8 Å². The highest BCUT2D eigenvalue weighted by atomic mass is 32.2. The van der Waals surface area contributed by atoms with E-state index in [-0.39, 0.29) is 23.8 Å². The first kappa shape index (κ1) is 55.6. The number of carbonyl (C=O) groups excluding carboxylic acids is 4. The molecule has 0 bridgehead atoms. The van der Waals surface area contributed by atoms with Crippen LogP contribution in [0.1, 0.15) is 56.8 Å². The Morgan fingerprint density at radius 2 is 0.952 bits per heavy atom. The molecule has 2 aromatic rings. The molecule has 2 rings (SSSR count). The SMILES string of the molecule is [B]Cc1cc(C[B])c(C(=O)OC(CS(=O)(=O)[O-])(C(F)(F)F)C(F)(F)F)c(C[B])c1OC(C)=O.[B]Cc1ccc(C(=O)OC(CS(=O)(=O)[O-])(C(F)(F)F)C(F)(F)F)cc1OC(C)=O. The van der Waals surface area contributed by atoms with Crippen molar-refractivity contribution in [2.45, 2.75) is 75.0 Å². The van der Waals surface area contributed by atoms with Gasteiger partial charge in [-0.15, -0.1) is 0 Å². The van der Waals surface area contributed by atoms with Crippen LogP contribution in [-0.2, 0) is 64.6 Å². The number of hydrogen-bond donors (Lipinski definition) is 0. The number of benzene rings is 2. The third kappa shape index (κ3) is 13.5. The number of halogens is 12. The molecule has 0 atom stereocenters. The van der Waals surface area contributed by atoms with Gasteiger partial charge in [0.15, 0.2) is 0 Å². The molecule has 0 amide bonds. The molecule has 62 heavy (non-hydrogen) atoms. The zero-order valence-electron chi connectivity index (χ0n) is 30.9. The lowest BCUT2D eigenvalue weighted by atomic mass is 9.81. The van der Waals surface area contributed by atoms with Crippen LogP contribution in [0, 0.1) is 0 Å². The summed E-state index contributed by atoms with van der Waals surface area (Å²) in [6.45, 7) is 1.82. The second-order valence-corrected chi connectivity index (χ2v) is 14.8. The van der Waals surface area contributed by atoms with Crippen LogP contribution in [0.3, 0.4) is 0 Å². The minimum Gasteiger partial charge on any atom is -0.748 e. The summed E-state index contributed by atoms with van der Waals surface area (Å²) in [7, 11) is 9.34. The summed E-state index contributed by atoms with van der Waals surface area (Å²) < 4.78 is 241. The predicted molar refractivity (Wildman–Crippen MR) is 183 cm³/mol. The quantitative estimate of drug-likeness (QED) is 0.0875. The highest BCUT2D eigenvalue weighted by Crippen LogP contribution is 2.49. The van der Waals surface area contributed by atoms with Gasteiger partial charge in [-0.2, -0.15) is 52.7 Å². The summed E-state index contributed by atoms with van der Waals surface area (Å²) in [5.74, 6) is -13.9. The molecule has 336 valence electrons. The molecule has 32 heteroatoms. The fourth-order valence-electron chi connectivity index (χ4n) is 4.85. The van der Waals surface area contributed by atoms with Gasteiger partial charge < -0.3 is 28.1 Å². The van der Waals surface area contributed by atoms with Gasteiger partial charge in [0.25, 0.3) is 0 Å². The van der Waals surface area contributed by atoms with Gasteiger partial charge in [0.05, 0.1) is 74.3 Å². The van der Waals surface area contributed by atoms with Crippen LogP contribution in [0.25, 0.3) is 0 Å². The van der Waals surface area contributed by atoms with Crippen molar-refractivity contribution in [2.75, 3.05) is 11.5 Å². The summed E-state index contributed by atoms with van der Waals surface area (Å²) in [5, 5.41) is 0. The van der Waals surface area contributed by atoms with Crippen molar-refractivity contribution >= 4 is 75.5 Å². The van der Waals surface area contributed by atoms with Gasteiger partial charge in [0.1, 0.15) is 11.5 Å². The molecule has 0 saturated carbocycles. The average molecular weight is 942 g/mol. The molecule has 0 aromatic heterocycles. The van der Waals surface area contributed by atoms with Crippen molar-refractivity contribution in [1.82, 2.24) is 0 Å². The Labute approximate surface area is 347 Å². The number of alkyl halides is 12. The fraction of sp³-hybridized carbons (Fsp3) is 0.467. The van der Waals surface area contributed by atoms with Gasteiger partial charge in [0, 0.05) is 19.4 Å². The van der Waals surface area contributed by atoms with E-state index in [1.807, 2.05) is 0 Å². The lowest BCUT2D eigenvalue weighted by Gasteiger charge is -2.37. The van der Waals surface area contributed by atoms with Crippen LogP contribution >= 0.6 is 0 Å². The largest absolute Gasteiger partial charge is 0.748 e. The summed E-state index contributed by atoms with van der Waals surface area (Å²) in [5.41, 5.74) is -14.3. The van der Waals surface area contributed by atoms with Crippen molar-refractivity contribution in [3.8, 4) is 11.5 Å². The van der Waals surface area contributed by atoms with Crippen LogP contribution < -0.4 is 9.47 Å². The van der Waals surface area contributed by atoms with E-state index >= 15 is 0 Å². The van der Waals surface area contributed by atoms with E-state index in [0.29, 0.717) is 12.1 Å². The van der Waals surface area contributed by atoms with Crippen molar-refractivity contribution in [2.24, 2.45) is 0 Å². The smallest absolute Gasteiger partial charge is 0.438 e. The first-order valence-electron chi connectivity index (χ1n) is 15.9. The zero-order valence-corrected chi connectivity index (χ0v) is 32.6. The monoisotopic (exact) mass is 942 g/mol. The standard InChI is InChI=1S/C16H13B3F6O7S.C14H11BF6O7S/c1-7(26)31-12-9(4-18)2-8(3-17)11(10(12)5-19)13(27)32-14(15(20,21)22,16(23,24)25)6-33(28,29)30;1-7(22)27-10-4-8(2-3-9(10)5-15)11(23)28-12(13(16,17)18,14(19,20)21)6-29(24,25)26/h2H,3-6H2,1H3,(H,28,29,30);2-4H,5-6H2,1H3,(H,24,25,26)/p-2. The Morgan fingerprint density at radius 1 is 0.565 bits per heavy atom. The number of rotatable bonds is 14. The lowest BCUT2D eigenvalue weighted by molar-refractivity contribution is -0.356. The second-order valence-electron chi connectivity index (χ2n) is 12.0. The average Bonchev–Trinajstić information content (AvgIpc) is 3.07. The van der Waals surface area contributed by atoms with Crippen molar-refractivity contribution in [3.63, 3.8) is 0 Å². The molecule has 0 N–H and O–H groups in total. The van der Waals surface area contributed by atoms with E-state index in [0.717, 1.165) is 26.0 Å². The molecule has 0 heterocycles. The maximum Gasteiger partial charge on any atom is 0.438 e. The Hall–Kier alpha value is -4.44. The molecular formula is C30H22B4F12O14S2-2. The van der Waals surface area contributed by atoms with Crippen LogP contribution in [-0.4, -0.2) is 129 Å². The molecule has 0 aliphatic rings. The highest BCUT2D eigenvalue weighted by molar-refractivity contribution is 7.86. The zero-order chi connectivity index (χ0) is 48.8. The summed E-state index contributed by atoms with van der Waals surface area (Å²) in [4.78, 5) is 47.0. The van der Waals surface area contributed by atoms with Crippen molar-refractivity contribution in [3.05, 3.63) is 57.6 Å². The predicted octanol–water partition coefficient (Wildman–Crippen LogP) is 3.03. The van der Waals surface area contributed by atoms with Crippen LogP contribution in [0.5, 0.6) is 11.5 Å². The van der Waals surface area contributed by atoms with E-state index < -0.39 is 138 Å². The molecule has 14 nitrogen and oxygen atoms in total. The summed E-state index contributed by atoms with van der Waals surface area (Å²) in [6.07, 6.45) is -28.3. The first-order valence-corrected chi connectivity index (χ1v) is 19.0. The second kappa shape index (κ2) is 19.9. The lowest BCUT2D eigenvalue weighted by Crippen LogP contribution is -2.63. The minimum absolute atomic E-state index is 0.0253. The number of hydrogen-bond acceptors (Lipinski definition) is 14. The number of carbonyl (C=O) groups is 4. The van der Waals surface area contributed by atoms with E-state index in [1.165, 1.54) is 0 Å². The van der Waals surface area contributed by atoms with E-state index in [1.54, 1.807) is 0 Å². The topological polar surface area (TPSA) is 220 Å². The van der Waals surface area contributed by atoms with Gasteiger partial charge in [-0.25, -0.2) is 26.4 Å². The molecule has 0 unspecified atom stereocenters. The third-order valence-electron chi connectivity index (χ3n) is 7.53. The maximum absolute atomic E-state index is 13.5. The van der Waals surface area contributed by atoms with Gasteiger partial charge in [0.2, 0.25) is 0 Å². The van der Waals surface area contributed by atoms with E-state index in [2.05, 4.69) is 14.2 Å². The van der Waals surface area contributed by atoms with Crippen molar-refractivity contribution in [1.29, 1.82) is 0 Å². The fourth-order valence-corrected chi connectivity index (χ4v) is 6.61. The molecule has 0 aliphatic carbocycles. The highest BCUT2D eigenvalue weighted by Gasteiger charge is 2.76. The van der Waals surface area contributed by atoms with Gasteiger partial charge in [-0.3, -0.25) is 9.59 Å². The number of ether oxygens (including phenoxy) is 4. The molecule has 0 aliphatic heterocycles. The Kier molecular flexibility index (Phi) is 17.9. The van der Waals surface area contributed by atoms with Crippen LogP contribution in [0.2, 0.25) is 0 Å². The normalized spacial score (nSPS) is 13.0. The summed E-state index contributed by atoms with van der Waals surface area (Å²) in [6, 6.07) is 3.21. The number of esters is 4. The van der Waals surface area contributed by atoms with Crippen LogP contribution in [0.4, 0.5) is 52.7 Å². The van der Waals surface area contributed by atoms with Crippen LogP contribution in [0.15, 0.2) is 24.3 Å². The molecule has 0 fully saturated rings. The maximum atomic E-state index is 13.5. The molecule has 2 aromatic carbocycles. The molecule has 8 radical (unpaired) electrons. The van der Waals surface area contributed by atoms with Crippen molar-refractivity contribution < 1.29 is 117 Å². The third-order valence-corrected chi connectivity index (χ3v) is 9.05. The Balaban J connectivity index is 0.000000625. The first-order chi connectivity index (χ1) is 27.8. The van der Waals surface area contributed by atoms with E-state index in [4.69, 9.17) is 36.1 Å². The molecule has 0 spiro atoms. The molecule has 0 saturated heterocycles. The molecular weight excluding hydrogens is 920 g/mol. The van der Waals surface area contributed by atoms with Gasteiger partial charge >= 0.3 is 59.8 Å². The Bertz CT molecular complexity index is 2200. The summed E-state index contributed by atoms with van der Waals surface area (Å²) >= 11 is 0. The minimum atomic E-state index is -6.58. The Morgan fingerprint density at radius 3 is 1.27 bits per heavy atom.